The Morgan fingerprint density at radius 2 is 0.944 bits per heavy atom. The van der Waals surface area contributed by atoms with Crippen molar-refractivity contribution in [3.8, 4) is 0 Å². The first-order valence-electron chi connectivity index (χ1n) is 5.90. The summed E-state index contributed by atoms with van der Waals surface area (Å²) in [6.07, 6.45) is 0. The zero-order valence-corrected chi connectivity index (χ0v) is 11.0. The fourth-order valence-electron chi connectivity index (χ4n) is 0.973. The van der Waals surface area contributed by atoms with Crippen LogP contribution < -0.4 is 0 Å². The molecule has 0 aliphatic rings. The van der Waals surface area contributed by atoms with Crippen LogP contribution in [0.3, 0.4) is 0 Å². The van der Waals surface area contributed by atoms with Gasteiger partial charge in [-0.1, -0.05) is 72.8 Å². The van der Waals surface area contributed by atoms with Crippen molar-refractivity contribution < 1.29 is 9.53 Å². The minimum Gasteiger partial charge on any atom is -0.466 e. The molecule has 0 radical (unpaired) electrons. The largest absolute Gasteiger partial charge is 0.466 e. The van der Waals surface area contributed by atoms with Crippen LogP contribution in [0.25, 0.3) is 0 Å². The summed E-state index contributed by atoms with van der Waals surface area (Å²) in [5, 5.41) is 0. The first-order chi connectivity index (χ1) is 8.77. The fraction of sp³-hybridized carbons (Fsp3) is 0.188. The van der Waals surface area contributed by atoms with Crippen molar-refractivity contribution in [1.29, 1.82) is 0 Å². The molecule has 2 heteroatoms. The molecule has 0 fully saturated rings. The topological polar surface area (TPSA) is 26.3 Å². The molecule has 2 aromatic carbocycles. The van der Waals surface area contributed by atoms with Gasteiger partial charge >= 0.3 is 5.97 Å². The summed E-state index contributed by atoms with van der Waals surface area (Å²) in [6.45, 7) is 3.65. The molecule has 0 aromatic heterocycles. The molecule has 2 rings (SSSR count). The van der Waals surface area contributed by atoms with Crippen molar-refractivity contribution in [1.82, 2.24) is 0 Å². The molecule has 0 saturated carbocycles. The Morgan fingerprint density at radius 3 is 1.00 bits per heavy atom. The zero-order chi connectivity index (χ0) is 13.5. The van der Waals surface area contributed by atoms with Gasteiger partial charge in [-0.05, 0) is 6.92 Å². The highest BCUT2D eigenvalue weighted by molar-refractivity contribution is 5.65. The van der Waals surface area contributed by atoms with Crippen LogP contribution in [0.5, 0.6) is 0 Å². The van der Waals surface area contributed by atoms with E-state index in [-0.39, 0.29) is 5.97 Å². The number of carbonyl (C=O) groups excluding carboxylic acids is 1. The summed E-state index contributed by atoms with van der Waals surface area (Å²) < 4.78 is 4.40. The lowest BCUT2D eigenvalue weighted by Crippen LogP contribution is -1.95. The van der Waals surface area contributed by atoms with E-state index in [1.165, 1.54) is 6.92 Å². The minimum atomic E-state index is -0.211. The fourth-order valence-corrected chi connectivity index (χ4v) is 0.973. The van der Waals surface area contributed by atoms with Gasteiger partial charge < -0.3 is 4.74 Å². The monoisotopic (exact) mass is 244 g/mol. The SMILES string of the molecule is CCOC(C)=O.c1ccccc1.c1ccccc1. The van der Waals surface area contributed by atoms with Crippen LogP contribution in [-0.2, 0) is 9.53 Å². The molecule has 2 aromatic rings. The molecule has 0 unspecified atom stereocenters. The van der Waals surface area contributed by atoms with E-state index in [0.717, 1.165) is 0 Å². The molecule has 0 atom stereocenters. The van der Waals surface area contributed by atoms with Gasteiger partial charge in [0, 0.05) is 6.92 Å². The van der Waals surface area contributed by atoms with Crippen LogP contribution in [0.4, 0.5) is 0 Å². The summed E-state index contributed by atoms with van der Waals surface area (Å²) in [5.41, 5.74) is 0. The maximum atomic E-state index is 9.82. The van der Waals surface area contributed by atoms with E-state index in [4.69, 9.17) is 0 Å². The van der Waals surface area contributed by atoms with E-state index in [2.05, 4.69) is 4.74 Å². The quantitative estimate of drug-likeness (QED) is 0.710. The van der Waals surface area contributed by atoms with Gasteiger partial charge in [0.25, 0.3) is 0 Å². The molecule has 0 N–H and O–H groups in total. The molecule has 0 aliphatic carbocycles. The third kappa shape index (κ3) is 13.9. The van der Waals surface area contributed by atoms with Crippen LogP contribution in [0.15, 0.2) is 72.8 Å². The van der Waals surface area contributed by atoms with E-state index in [1.807, 2.05) is 72.8 Å². The molecule has 0 bridgehead atoms. The average molecular weight is 244 g/mol. The number of benzene rings is 2. The molecular weight excluding hydrogens is 224 g/mol. The van der Waals surface area contributed by atoms with Crippen molar-refractivity contribution in [2.75, 3.05) is 6.61 Å². The number of hydrogen-bond acceptors (Lipinski definition) is 2. The van der Waals surface area contributed by atoms with Crippen molar-refractivity contribution >= 4 is 5.97 Å². The van der Waals surface area contributed by atoms with Gasteiger partial charge in [-0.15, -0.1) is 0 Å². The zero-order valence-electron chi connectivity index (χ0n) is 11.0. The lowest BCUT2D eigenvalue weighted by Gasteiger charge is -1.89. The maximum Gasteiger partial charge on any atom is 0.302 e. The summed E-state index contributed by atoms with van der Waals surface area (Å²) in [6, 6.07) is 24.0. The van der Waals surface area contributed by atoms with Gasteiger partial charge in [-0.25, -0.2) is 0 Å². The predicted octanol–water partition coefficient (Wildman–Crippen LogP) is 3.94. The molecule has 0 heterocycles. The highest BCUT2D eigenvalue weighted by atomic mass is 16.5. The van der Waals surface area contributed by atoms with Crippen molar-refractivity contribution in [3.63, 3.8) is 0 Å². The second kappa shape index (κ2) is 13.0. The number of carbonyl (C=O) groups is 1. The van der Waals surface area contributed by atoms with Gasteiger partial charge in [0.1, 0.15) is 0 Å². The number of hydrogen-bond donors (Lipinski definition) is 0. The lowest BCUT2D eigenvalue weighted by atomic mass is 10.4. The Morgan fingerprint density at radius 1 is 0.722 bits per heavy atom. The summed E-state index contributed by atoms with van der Waals surface area (Å²) in [4.78, 5) is 9.82. The third-order valence-electron chi connectivity index (χ3n) is 1.68. The van der Waals surface area contributed by atoms with Crippen LogP contribution in [0.2, 0.25) is 0 Å². The van der Waals surface area contributed by atoms with Gasteiger partial charge in [-0.2, -0.15) is 0 Å². The molecule has 2 nitrogen and oxygen atoms in total. The first kappa shape index (κ1) is 15.9. The van der Waals surface area contributed by atoms with Crippen molar-refractivity contribution in [3.05, 3.63) is 72.8 Å². The van der Waals surface area contributed by atoms with Crippen LogP contribution in [0.1, 0.15) is 13.8 Å². The van der Waals surface area contributed by atoms with Gasteiger partial charge in [0.2, 0.25) is 0 Å². The molecule has 0 saturated heterocycles. The van der Waals surface area contributed by atoms with Crippen LogP contribution in [-0.4, -0.2) is 12.6 Å². The second-order valence-electron chi connectivity index (χ2n) is 3.23. The smallest absolute Gasteiger partial charge is 0.302 e. The number of ether oxygens (including phenoxy) is 1. The van der Waals surface area contributed by atoms with E-state index >= 15 is 0 Å². The molecule has 0 amide bonds. The van der Waals surface area contributed by atoms with Crippen LogP contribution >= 0.6 is 0 Å². The van der Waals surface area contributed by atoms with Gasteiger partial charge in [0.15, 0.2) is 0 Å². The normalized spacial score (nSPS) is 7.89. The molecule has 0 spiro atoms. The van der Waals surface area contributed by atoms with Crippen molar-refractivity contribution in [2.45, 2.75) is 13.8 Å². The van der Waals surface area contributed by atoms with E-state index in [9.17, 15) is 4.79 Å². The molecule has 18 heavy (non-hydrogen) atoms. The standard InChI is InChI=1S/2C6H6.C4H8O2/c2*1-2-4-6-5-3-1;1-3-6-4(2)5/h2*1-6H;3H2,1-2H3. The van der Waals surface area contributed by atoms with Gasteiger partial charge in [-0.3, -0.25) is 4.79 Å². The summed E-state index contributed by atoms with van der Waals surface area (Å²) in [7, 11) is 0. The Bertz CT molecular complexity index is 286. The lowest BCUT2D eigenvalue weighted by molar-refractivity contribution is -0.140. The number of esters is 1. The number of rotatable bonds is 1. The third-order valence-corrected chi connectivity index (χ3v) is 1.68. The Balaban J connectivity index is 0.000000241. The molecule has 96 valence electrons. The van der Waals surface area contributed by atoms with E-state index in [1.54, 1.807) is 6.92 Å². The second-order valence-corrected chi connectivity index (χ2v) is 3.23. The Labute approximate surface area is 109 Å². The summed E-state index contributed by atoms with van der Waals surface area (Å²) >= 11 is 0. The van der Waals surface area contributed by atoms with Crippen LogP contribution in [0, 0.1) is 0 Å². The van der Waals surface area contributed by atoms with Gasteiger partial charge in [0.05, 0.1) is 6.61 Å². The first-order valence-corrected chi connectivity index (χ1v) is 5.90. The molecule has 0 aliphatic heterocycles. The van der Waals surface area contributed by atoms with E-state index in [0.29, 0.717) is 6.61 Å². The predicted molar refractivity (Wildman–Crippen MR) is 75.2 cm³/mol. The highest BCUT2D eigenvalue weighted by Crippen LogP contribution is 1.80. The Hall–Kier alpha value is -2.09. The molecular formula is C16H20O2. The maximum absolute atomic E-state index is 9.82. The average Bonchev–Trinajstić information content (AvgIpc) is 2.44. The minimum absolute atomic E-state index is 0.211. The summed E-state index contributed by atoms with van der Waals surface area (Å²) in [5.74, 6) is -0.211. The Kier molecular flexibility index (Phi) is 11.5. The van der Waals surface area contributed by atoms with E-state index < -0.39 is 0 Å². The van der Waals surface area contributed by atoms with Crippen molar-refractivity contribution in [2.24, 2.45) is 0 Å². The highest BCUT2D eigenvalue weighted by Gasteiger charge is 1.81.